The van der Waals surface area contributed by atoms with Crippen LogP contribution in [0.15, 0.2) is 0 Å². The van der Waals surface area contributed by atoms with Crippen LogP contribution in [0.1, 0.15) is 32.6 Å². The summed E-state index contributed by atoms with van der Waals surface area (Å²) < 4.78 is 4.87. The van der Waals surface area contributed by atoms with Gasteiger partial charge in [-0.25, -0.2) is 0 Å². The van der Waals surface area contributed by atoms with Gasteiger partial charge >= 0.3 is 0 Å². The predicted octanol–water partition coefficient (Wildman–Crippen LogP) is 0.904. The van der Waals surface area contributed by atoms with Crippen molar-refractivity contribution in [3.8, 4) is 0 Å². The van der Waals surface area contributed by atoms with Crippen LogP contribution in [0, 0.1) is 5.92 Å². The van der Waals surface area contributed by atoms with Gasteiger partial charge in [-0.15, -0.1) is 0 Å². The van der Waals surface area contributed by atoms with Crippen LogP contribution in [0.5, 0.6) is 0 Å². The lowest BCUT2D eigenvalue weighted by molar-refractivity contribution is -0.121. The zero-order chi connectivity index (χ0) is 11.5. The summed E-state index contributed by atoms with van der Waals surface area (Å²) in [6, 6.07) is 0. The molecule has 4 heteroatoms. The van der Waals surface area contributed by atoms with E-state index < -0.39 is 0 Å². The standard InChI is InChI=1S/C11H24N2O2/c1-10(9-12)5-3-7-13-11(14)6-4-8-15-2/h10H,3-9,12H2,1-2H3,(H,13,14). The Morgan fingerprint density at radius 3 is 2.80 bits per heavy atom. The highest BCUT2D eigenvalue weighted by Crippen LogP contribution is 2.01. The Morgan fingerprint density at radius 2 is 2.20 bits per heavy atom. The highest BCUT2D eigenvalue weighted by Gasteiger charge is 2.01. The van der Waals surface area contributed by atoms with Gasteiger partial charge in [-0.1, -0.05) is 6.92 Å². The zero-order valence-electron chi connectivity index (χ0n) is 9.92. The Hall–Kier alpha value is -0.610. The van der Waals surface area contributed by atoms with Gasteiger partial charge in [0.15, 0.2) is 0 Å². The van der Waals surface area contributed by atoms with Gasteiger partial charge in [-0.3, -0.25) is 4.79 Å². The van der Waals surface area contributed by atoms with Crippen molar-refractivity contribution in [1.82, 2.24) is 5.32 Å². The molecule has 0 aliphatic rings. The number of hydrogen-bond donors (Lipinski definition) is 2. The Kier molecular flexibility index (Phi) is 9.52. The topological polar surface area (TPSA) is 64.3 Å². The molecule has 0 aliphatic heterocycles. The maximum Gasteiger partial charge on any atom is 0.220 e. The van der Waals surface area contributed by atoms with Gasteiger partial charge < -0.3 is 15.8 Å². The first-order valence-electron chi connectivity index (χ1n) is 5.66. The predicted molar refractivity (Wildman–Crippen MR) is 61.6 cm³/mol. The van der Waals surface area contributed by atoms with E-state index in [1.54, 1.807) is 7.11 Å². The van der Waals surface area contributed by atoms with Crippen molar-refractivity contribution in [2.45, 2.75) is 32.6 Å². The van der Waals surface area contributed by atoms with E-state index in [1.165, 1.54) is 0 Å². The van der Waals surface area contributed by atoms with Crippen LogP contribution < -0.4 is 11.1 Å². The fraction of sp³-hybridized carbons (Fsp3) is 0.909. The molecular formula is C11H24N2O2. The molecule has 0 fully saturated rings. The number of carbonyl (C=O) groups excluding carboxylic acids is 1. The molecule has 0 radical (unpaired) electrons. The van der Waals surface area contributed by atoms with Crippen molar-refractivity contribution in [1.29, 1.82) is 0 Å². The summed E-state index contributed by atoms with van der Waals surface area (Å²) in [5.41, 5.74) is 5.49. The van der Waals surface area contributed by atoms with E-state index in [-0.39, 0.29) is 5.91 Å². The van der Waals surface area contributed by atoms with Crippen LogP contribution in [0.4, 0.5) is 0 Å². The largest absolute Gasteiger partial charge is 0.385 e. The van der Waals surface area contributed by atoms with E-state index in [0.717, 1.165) is 32.4 Å². The summed E-state index contributed by atoms with van der Waals surface area (Å²) in [7, 11) is 1.64. The average molecular weight is 216 g/mol. The first-order valence-corrected chi connectivity index (χ1v) is 5.66. The fourth-order valence-corrected chi connectivity index (χ4v) is 1.26. The van der Waals surface area contributed by atoms with E-state index in [4.69, 9.17) is 10.5 Å². The minimum Gasteiger partial charge on any atom is -0.385 e. The van der Waals surface area contributed by atoms with Crippen LogP contribution in [0.25, 0.3) is 0 Å². The number of nitrogens with one attached hydrogen (secondary N) is 1. The van der Waals surface area contributed by atoms with E-state index in [9.17, 15) is 4.79 Å². The maximum atomic E-state index is 11.2. The zero-order valence-corrected chi connectivity index (χ0v) is 9.92. The van der Waals surface area contributed by atoms with E-state index >= 15 is 0 Å². The van der Waals surface area contributed by atoms with Gasteiger partial charge in [0.1, 0.15) is 0 Å². The second-order valence-electron chi connectivity index (χ2n) is 3.93. The third-order valence-electron chi connectivity index (χ3n) is 2.35. The SMILES string of the molecule is COCCCC(=O)NCCCC(C)CN. The first kappa shape index (κ1) is 14.4. The molecule has 0 bridgehead atoms. The monoisotopic (exact) mass is 216 g/mol. The lowest BCUT2D eigenvalue weighted by Gasteiger charge is -2.08. The molecule has 0 heterocycles. The molecule has 0 saturated carbocycles. The molecule has 1 atom stereocenters. The first-order chi connectivity index (χ1) is 7.20. The normalized spacial score (nSPS) is 12.5. The van der Waals surface area contributed by atoms with Gasteiger partial charge in [-0.05, 0) is 31.7 Å². The van der Waals surface area contributed by atoms with Crippen molar-refractivity contribution < 1.29 is 9.53 Å². The number of carbonyl (C=O) groups is 1. The highest BCUT2D eigenvalue weighted by molar-refractivity contribution is 5.75. The molecule has 0 aromatic carbocycles. The lowest BCUT2D eigenvalue weighted by atomic mass is 10.1. The lowest BCUT2D eigenvalue weighted by Crippen LogP contribution is -2.25. The van der Waals surface area contributed by atoms with Gasteiger partial charge in [0.2, 0.25) is 5.91 Å². The summed E-state index contributed by atoms with van der Waals surface area (Å²) in [5, 5.41) is 2.89. The van der Waals surface area contributed by atoms with Crippen molar-refractivity contribution in [3.05, 3.63) is 0 Å². The number of hydrogen-bond acceptors (Lipinski definition) is 3. The molecule has 1 amide bonds. The van der Waals surface area contributed by atoms with Crippen LogP contribution in [-0.4, -0.2) is 32.7 Å². The van der Waals surface area contributed by atoms with Crippen molar-refractivity contribution in [2.24, 2.45) is 11.7 Å². The number of methoxy groups -OCH3 is 1. The van der Waals surface area contributed by atoms with Gasteiger partial charge in [0.05, 0.1) is 0 Å². The molecule has 90 valence electrons. The number of ether oxygens (including phenoxy) is 1. The molecule has 15 heavy (non-hydrogen) atoms. The molecule has 1 unspecified atom stereocenters. The Balaban J connectivity index is 3.23. The van der Waals surface area contributed by atoms with Crippen molar-refractivity contribution in [2.75, 3.05) is 26.8 Å². The van der Waals surface area contributed by atoms with E-state index in [2.05, 4.69) is 12.2 Å². The fourth-order valence-electron chi connectivity index (χ4n) is 1.26. The summed E-state index contributed by atoms with van der Waals surface area (Å²) in [6.07, 6.45) is 3.44. The number of amides is 1. The molecule has 0 aromatic rings. The molecule has 0 aliphatic carbocycles. The molecule has 0 spiro atoms. The molecular weight excluding hydrogens is 192 g/mol. The molecule has 0 aromatic heterocycles. The quantitative estimate of drug-likeness (QED) is 0.563. The summed E-state index contributed by atoms with van der Waals surface area (Å²) >= 11 is 0. The Bertz CT molecular complexity index is 163. The smallest absolute Gasteiger partial charge is 0.220 e. The van der Waals surface area contributed by atoms with Gasteiger partial charge in [0.25, 0.3) is 0 Å². The van der Waals surface area contributed by atoms with Gasteiger partial charge in [0, 0.05) is 26.7 Å². The average Bonchev–Trinajstić information content (AvgIpc) is 2.24. The van der Waals surface area contributed by atoms with Crippen LogP contribution in [0.3, 0.4) is 0 Å². The molecule has 0 saturated heterocycles. The van der Waals surface area contributed by atoms with Crippen molar-refractivity contribution >= 4 is 5.91 Å². The second-order valence-corrected chi connectivity index (χ2v) is 3.93. The van der Waals surface area contributed by atoms with Crippen LogP contribution >= 0.6 is 0 Å². The third kappa shape index (κ3) is 9.69. The van der Waals surface area contributed by atoms with Crippen LogP contribution in [0.2, 0.25) is 0 Å². The maximum absolute atomic E-state index is 11.2. The molecule has 3 N–H and O–H groups in total. The third-order valence-corrected chi connectivity index (χ3v) is 2.35. The van der Waals surface area contributed by atoms with E-state index in [0.29, 0.717) is 18.9 Å². The Morgan fingerprint density at radius 1 is 1.47 bits per heavy atom. The Labute approximate surface area is 92.6 Å². The van der Waals surface area contributed by atoms with Crippen molar-refractivity contribution in [3.63, 3.8) is 0 Å². The van der Waals surface area contributed by atoms with E-state index in [1.807, 2.05) is 0 Å². The van der Waals surface area contributed by atoms with Crippen LogP contribution in [-0.2, 0) is 9.53 Å². The summed E-state index contributed by atoms with van der Waals surface area (Å²) in [6.45, 7) is 4.26. The van der Waals surface area contributed by atoms with Gasteiger partial charge in [-0.2, -0.15) is 0 Å². The highest BCUT2D eigenvalue weighted by atomic mass is 16.5. The molecule has 4 nitrogen and oxygen atoms in total. The minimum atomic E-state index is 0.118. The second kappa shape index (κ2) is 9.93. The summed E-state index contributed by atoms with van der Waals surface area (Å²) in [5.74, 6) is 0.669. The molecule has 0 rings (SSSR count). The number of nitrogens with two attached hydrogens (primary N) is 1. The number of rotatable bonds is 9. The minimum absolute atomic E-state index is 0.118. The summed E-state index contributed by atoms with van der Waals surface area (Å²) in [4.78, 5) is 11.2.